The van der Waals surface area contributed by atoms with Gasteiger partial charge in [0.05, 0.1) is 6.07 Å². The van der Waals surface area contributed by atoms with Crippen LogP contribution in [-0.2, 0) is 0 Å². The summed E-state index contributed by atoms with van der Waals surface area (Å²) in [7, 11) is 0. The molecule has 40 valence electrons. The van der Waals surface area contributed by atoms with E-state index in [9.17, 15) is 0 Å². The third-order valence-electron chi connectivity index (χ3n) is 0.569. The van der Waals surface area contributed by atoms with Crippen LogP contribution in [0.15, 0.2) is 0 Å². The van der Waals surface area contributed by atoms with Gasteiger partial charge in [-0.05, 0) is 6.26 Å². The van der Waals surface area contributed by atoms with Crippen LogP contribution in [0.1, 0.15) is 0 Å². The third kappa shape index (κ3) is 2.95. The number of nitrogens with zero attached hydrogens (tertiary/aromatic N) is 1. The van der Waals surface area contributed by atoms with E-state index in [1.165, 1.54) is 0 Å². The van der Waals surface area contributed by atoms with Gasteiger partial charge in [-0.3, -0.25) is 0 Å². The maximum Gasteiger partial charge on any atom is 0.101 e. The van der Waals surface area contributed by atoms with E-state index in [-0.39, 0.29) is 5.25 Å². The fourth-order valence-corrected chi connectivity index (χ4v) is 1.32. The summed E-state index contributed by atoms with van der Waals surface area (Å²) in [5.41, 5.74) is 0. The highest BCUT2D eigenvalue weighted by Gasteiger charge is 1.98. The summed E-state index contributed by atoms with van der Waals surface area (Å²) >= 11 is 4.75. The molecule has 7 heavy (non-hydrogen) atoms. The highest BCUT2D eigenvalue weighted by Crippen LogP contribution is 2.06. The molecule has 0 heterocycles. The molecule has 1 unspecified atom stereocenters. The zero-order chi connectivity index (χ0) is 5.70. The van der Waals surface area contributed by atoms with Gasteiger partial charge in [0.1, 0.15) is 5.25 Å². The van der Waals surface area contributed by atoms with Crippen LogP contribution in [0, 0.1) is 11.3 Å². The van der Waals surface area contributed by atoms with Crippen LogP contribution in [0.3, 0.4) is 0 Å². The quantitative estimate of drug-likeness (QED) is 0.603. The van der Waals surface area contributed by atoms with Gasteiger partial charge in [0, 0.05) is 5.33 Å². The molecule has 0 radical (unpaired) electrons. The summed E-state index contributed by atoms with van der Waals surface area (Å²) in [5.74, 6) is 0. The molecule has 0 aromatic rings. The van der Waals surface area contributed by atoms with E-state index in [0.717, 1.165) is 5.33 Å². The molecule has 0 aliphatic heterocycles. The highest BCUT2D eigenvalue weighted by molar-refractivity contribution is 9.09. The molecule has 0 fully saturated rings. The monoisotopic (exact) mass is 179 g/mol. The van der Waals surface area contributed by atoms with Crippen molar-refractivity contribution < 1.29 is 0 Å². The minimum absolute atomic E-state index is 0.125. The Labute approximate surface area is 56.2 Å². The predicted octanol–water partition coefficient (Wildman–Crippen LogP) is 1.64. The van der Waals surface area contributed by atoms with E-state index < -0.39 is 0 Å². The van der Waals surface area contributed by atoms with Crippen LogP contribution in [0.25, 0.3) is 0 Å². The van der Waals surface area contributed by atoms with Gasteiger partial charge in [-0.1, -0.05) is 15.9 Å². The standard InChI is InChI=1S/C4H6BrNS/c1-7-4(2-5)3-6/h4H,2H2,1H3. The molecule has 3 heteroatoms. The molecule has 0 aliphatic rings. The van der Waals surface area contributed by atoms with Crippen LogP contribution in [-0.4, -0.2) is 16.8 Å². The van der Waals surface area contributed by atoms with Gasteiger partial charge in [-0.25, -0.2) is 0 Å². The average molecular weight is 180 g/mol. The Hall–Kier alpha value is 0.320. The van der Waals surface area contributed by atoms with Crippen LogP contribution < -0.4 is 0 Å². The van der Waals surface area contributed by atoms with Crippen molar-refractivity contribution in [3.8, 4) is 6.07 Å². The van der Waals surface area contributed by atoms with Crippen molar-refractivity contribution in [1.82, 2.24) is 0 Å². The van der Waals surface area contributed by atoms with Crippen molar-refractivity contribution in [3.05, 3.63) is 0 Å². The molecule has 1 atom stereocenters. The second kappa shape index (κ2) is 4.48. The van der Waals surface area contributed by atoms with Gasteiger partial charge in [0.25, 0.3) is 0 Å². The normalized spacial score (nSPS) is 12.7. The first-order chi connectivity index (χ1) is 3.35. The predicted molar refractivity (Wildman–Crippen MR) is 36.7 cm³/mol. The maximum atomic E-state index is 8.23. The lowest BCUT2D eigenvalue weighted by Gasteiger charge is -1.94. The van der Waals surface area contributed by atoms with Gasteiger partial charge in [-0.15, -0.1) is 11.8 Å². The Kier molecular flexibility index (Phi) is 4.68. The smallest absolute Gasteiger partial charge is 0.101 e. The van der Waals surface area contributed by atoms with E-state index in [0.29, 0.717) is 0 Å². The SMILES string of the molecule is CSC(C#N)CBr. The largest absolute Gasteiger partial charge is 0.197 e. The van der Waals surface area contributed by atoms with E-state index in [1.54, 1.807) is 11.8 Å². The van der Waals surface area contributed by atoms with Gasteiger partial charge in [-0.2, -0.15) is 5.26 Å². The fraction of sp³-hybridized carbons (Fsp3) is 0.750. The molecule has 0 amide bonds. The molecule has 0 aliphatic carbocycles. The van der Waals surface area contributed by atoms with Crippen LogP contribution in [0.2, 0.25) is 0 Å². The lowest BCUT2D eigenvalue weighted by molar-refractivity contribution is 1.28. The molecule has 0 saturated heterocycles. The minimum atomic E-state index is 0.125. The Bertz CT molecular complexity index is 74.2. The van der Waals surface area contributed by atoms with Crippen molar-refractivity contribution in [2.75, 3.05) is 11.6 Å². The maximum absolute atomic E-state index is 8.23. The third-order valence-corrected chi connectivity index (χ3v) is 2.49. The van der Waals surface area contributed by atoms with Gasteiger partial charge >= 0.3 is 0 Å². The highest BCUT2D eigenvalue weighted by atomic mass is 79.9. The number of hydrogen-bond donors (Lipinski definition) is 0. The topological polar surface area (TPSA) is 23.8 Å². The van der Waals surface area contributed by atoms with Crippen LogP contribution in [0.5, 0.6) is 0 Å². The minimum Gasteiger partial charge on any atom is -0.197 e. The first-order valence-corrected chi connectivity index (χ1v) is 4.24. The summed E-state index contributed by atoms with van der Waals surface area (Å²) in [6.07, 6.45) is 1.93. The number of rotatable bonds is 2. The van der Waals surface area contributed by atoms with E-state index in [4.69, 9.17) is 5.26 Å². The second-order valence-corrected chi connectivity index (χ2v) is 2.70. The Morgan fingerprint density at radius 2 is 2.57 bits per heavy atom. The zero-order valence-electron chi connectivity index (χ0n) is 4.02. The molecule has 0 spiro atoms. The molecule has 1 nitrogen and oxygen atoms in total. The first-order valence-electron chi connectivity index (χ1n) is 1.83. The summed E-state index contributed by atoms with van der Waals surface area (Å²) in [4.78, 5) is 0. The van der Waals surface area contributed by atoms with Gasteiger partial charge < -0.3 is 0 Å². The van der Waals surface area contributed by atoms with Gasteiger partial charge in [0.15, 0.2) is 0 Å². The Balaban J connectivity index is 3.23. The number of thioether (sulfide) groups is 1. The lowest BCUT2D eigenvalue weighted by atomic mass is 10.5. The van der Waals surface area contributed by atoms with Crippen LogP contribution in [0.4, 0.5) is 0 Å². The second-order valence-electron chi connectivity index (χ2n) is 1.01. The average Bonchev–Trinajstić information content (AvgIpc) is 1.72. The van der Waals surface area contributed by atoms with E-state index >= 15 is 0 Å². The molecule has 0 rings (SSSR count). The van der Waals surface area contributed by atoms with Crippen molar-refractivity contribution in [3.63, 3.8) is 0 Å². The number of nitriles is 1. The summed E-state index contributed by atoms with van der Waals surface area (Å²) in [6.45, 7) is 0. The molecular weight excluding hydrogens is 174 g/mol. The Morgan fingerprint density at radius 1 is 2.00 bits per heavy atom. The lowest BCUT2D eigenvalue weighted by Crippen LogP contribution is -1.96. The number of alkyl halides is 1. The first kappa shape index (κ1) is 7.32. The van der Waals surface area contributed by atoms with Crippen molar-refractivity contribution in [2.24, 2.45) is 0 Å². The fourth-order valence-electron chi connectivity index (χ4n) is 0.150. The summed E-state index contributed by atoms with van der Waals surface area (Å²) in [6, 6.07) is 2.12. The molecule has 0 bridgehead atoms. The van der Waals surface area contributed by atoms with Crippen molar-refractivity contribution in [1.29, 1.82) is 5.26 Å². The zero-order valence-corrected chi connectivity index (χ0v) is 6.42. The number of halogens is 1. The molecule has 0 N–H and O–H groups in total. The van der Waals surface area contributed by atoms with Crippen molar-refractivity contribution in [2.45, 2.75) is 5.25 Å². The number of hydrogen-bond acceptors (Lipinski definition) is 2. The molecule has 0 aromatic carbocycles. The molecule has 0 aromatic heterocycles. The van der Waals surface area contributed by atoms with E-state index in [1.807, 2.05) is 6.26 Å². The van der Waals surface area contributed by atoms with Crippen molar-refractivity contribution >= 4 is 27.7 Å². The Morgan fingerprint density at radius 3 is 2.57 bits per heavy atom. The van der Waals surface area contributed by atoms with Gasteiger partial charge in [0.2, 0.25) is 0 Å². The summed E-state index contributed by atoms with van der Waals surface area (Å²) in [5, 5.41) is 9.12. The molecule has 0 saturated carbocycles. The summed E-state index contributed by atoms with van der Waals surface area (Å²) < 4.78 is 0. The van der Waals surface area contributed by atoms with E-state index in [2.05, 4.69) is 22.0 Å². The molecular formula is C4H6BrNS. The van der Waals surface area contributed by atoms with Crippen LogP contribution >= 0.6 is 27.7 Å².